The lowest BCUT2D eigenvalue weighted by Crippen LogP contribution is -2.36. The zero-order valence-electron chi connectivity index (χ0n) is 10.2. The van der Waals surface area contributed by atoms with Crippen LogP contribution in [0, 0.1) is 5.82 Å². The number of ether oxygens (including phenoxy) is 2. The van der Waals surface area contributed by atoms with E-state index in [0.29, 0.717) is 5.56 Å². The molecule has 0 amide bonds. The molecule has 2 heterocycles. The van der Waals surface area contributed by atoms with Crippen LogP contribution < -0.4 is 14.8 Å². The lowest BCUT2D eigenvalue weighted by molar-refractivity contribution is -0.275. The molecule has 0 aromatic heterocycles. The Bertz CT molecular complexity index is 509. The highest BCUT2D eigenvalue weighted by atomic mass is 35.5. The summed E-state index contributed by atoms with van der Waals surface area (Å²) in [6.45, 7) is 0.784. The molecular weight excluding hydrogens is 302 g/mol. The molecule has 0 radical (unpaired) electrons. The number of halogens is 5. The van der Waals surface area contributed by atoms with Crippen LogP contribution in [-0.4, -0.2) is 19.0 Å². The molecule has 2 aliphatic heterocycles. The first-order valence-corrected chi connectivity index (χ1v) is 5.93. The molecule has 112 valence electrons. The number of nitrogens with one attached hydrogen (secondary N) is 1. The molecule has 0 unspecified atom stereocenters. The Morgan fingerprint density at radius 3 is 2.75 bits per heavy atom. The fraction of sp³-hybridized carbons (Fsp3) is 0.500. The molecule has 1 N–H and O–H groups in total. The van der Waals surface area contributed by atoms with Gasteiger partial charge in [-0.3, -0.25) is 0 Å². The van der Waals surface area contributed by atoms with E-state index in [2.05, 4.69) is 10.1 Å². The zero-order chi connectivity index (χ0) is 13.6. The molecule has 20 heavy (non-hydrogen) atoms. The minimum Gasteiger partial charge on any atom is -0.488 e. The maximum absolute atomic E-state index is 13.6. The number of hydrogen-bond acceptors (Lipinski definition) is 3. The number of rotatable bonds is 1. The molecule has 0 aliphatic carbocycles. The van der Waals surface area contributed by atoms with E-state index in [-0.39, 0.29) is 30.3 Å². The third-order valence-corrected chi connectivity index (χ3v) is 3.30. The summed E-state index contributed by atoms with van der Waals surface area (Å²) in [5.41, 5.74) is 0.553. The molecule has 3 rings (SSSR count). The Morgan fingerprint density at radius 2 is 2.05 bits per heavy atom. The first kappa shape index (κ1) is 15.2. The first-order valence-electron chi connectivity index (χ1n) is 5.93. The highest BCUT2D eigenvalue weighted by molar-refractivity contribution is 5.85. The second kappa shape index (κ2) is 5.29. The van der Waals surface area contributed by atoms with E-state index in [1.54, 1.807) is 0 Å². The van der Waals surface area contributed by atoms with E-state index in [4.69, 9.17) is 4.74 Å². The molecule has 2 atom stereocenters. The SMILES string of the molecule is Cl.Fc1cc2c(cc1OC(F)(F)F)O[C@H]1CCCN[C@@H]21. The fourth-order valence-electron chi connectivity index (χ4n) is 2.56. The molecule has 0 spiro atoms. The normalized spacial score (nSPS) is 24.2. The summed E-state index contributed by atoms with van der Waals surface area (Å²) in [6, 6.07) is 1.87. The molecule has 0 saturated carbocycles. The van der Waals surface area contributed by atoms with Gasteiger partial charge in [0.15, 0.2) is 11.6 Å². The van der Waals surface area contributed by atoms with Crippen LogP contribution >= 0.6 is 12.4 Å². The molecule has 1 aromatic carbocycles. The van der Waals surface area contributed by atoms with Crippen molar-refractivity contribution >= 4 is 12.4 Å². The Labute approximate surface area is 118 Å². The summed E-state index contributed by atoms with van der Waals surface area (Å²) < 4.78 is 59.2. The van der Waals surface area contributed by atoms with Crippen molar-refractivity contribution in [1.29, 1.82) is 0 Å². The van der Waals surface area contributed by atoms with Gasteiger partial charge in [0, 0.05) is 11.6 Å². The zero-order valence-corrected chi connectivity index (χ0v) is 11.0. The molecule has 2 aliphatic rings. The van der Waals surface area contributed by atoms with Crippen molar-refractivity contribution < 1.29 is 27.0 Å². The maximum atomic E-state index is 13.6. The van der Waals surface area contributed by atoms with E-state index in [0.717, 1.165) is 31.5 Å². The Morgan fingerprint density at radius 1 is 1.30 bits per heavy atom. The lowest BCUT2D eigenvalue weighted by atomic mass is 9.97. The average Bonchev–Trinajstić information content (AvgIpc) is 2.66. The summed E-state index contributed by atoms with van der Waals surface area (Å²) >= 11 is 0. The van der Waals surface area contributed by atoms with Crippen LogP contribution in [0.5, 0.6) is 11.5 Å². The summed E-state index contributed by atoms with van der Waals surface area (Å²) in [5.74, 6) is -1.64. The lowest BCUT2D eigenvalue weighted by Gasteiger charge is -2.25. The van der Waals surface area contributed by atoms with Crippen molar-refractivity contribution in [2.24, 2.45) is 0 Å². The van der Waals surface area contributed by atoms with Crippen LogP contribution in [0.4, 0.5) is 17.6 Å². The van der Waals surface area contributed by atoms with E-state index >= 15 is 0 Å². The molecule has 0 bridgehead atoms. The third-order valence-electron chi connectivity index (χ3n) is 3.30. The van der Waals surface area contributed by atoms with Crippen molar-refractivity contribution in [1.82, 2.24) is 5.32 Å². The van der Waals surface area contributed by atoms with Gasteiger partial charge in [0.25, 0.3) is 0 Å². The van der Waals surface area contributed by atoms with Gasteiger partial charge in [0.2, 0.25) is 0 Å². The maximum Gasteiger partial charge on any atom is 0.573 e. The van der Waals surface area contributed by atoms with E-state index in [1.165, 1.54) is 0 Å². The number of benzene rings is 1. The summed E-state index contributed by atoms with van der Waals surface area (Å²) in [4.78, 5) is 0. The molecule has 1 aromatic rings. The summed E-state index contributed by atoms with van der Waals surface area (Å²) in [5, 5.41) is 3.18. The van der Waals surface area contributed by atoms with Gasteiger partial charge in [-0.2, -0.15) is 0 Å². The van der Waals surface area contributed by atoms with Crippen molar-refractivity contribution in [3.63, 3.8) is 0 Å². The summed E-state index contributed by atoms with van der Waals surface area (Å²) in [6.07, 6.45) is -3.35. The van der Waals surface area contributed by atoms with E-state index in [1.807, 2.05) is 0 Å². The van der Waals surface area contributed by atoms with Gasteiger partial charge >= 0.3 is 6.36 Å². The second-order valence-corrected chi connectivity index (χ2v) is 4.60. The predicted molar refractivity (Wildman–Crippen MR) is 64.7 cm³/mol. The van der Waals surface area contributed by atoms with Crippen LogP contribution in [-0.2, 0) is 0 Å². The molecule has 8 heteroatoms. The number of piperidine rings is 1. The Balaban J connectivity index is 0.00000147. The van der Waals surface area contributed by atoms with Crippen LogP contribution in [0.1, 0.15) is 24.4 Å². The number of hydrogen-bond donors (Lipinski definition) is 1. The topological polar surface area (TPSA) is 30.5 Å². The van der Waals surface area contributed by atoms with Gasteiger partial charge < -0.3 is 14.8 Å². The van der Waals surface area contributed by atoms with E-state index < -0.39 is 17.9 Å². The smallest absolute Gasteiger partial charge is 0.488 e. The van der Waals surface area contributed by atoms with Crippen molar-refractivity contribution in [3.05, 3.63) is 23.5 Å². The van der Waals surface area contributed by atoms with Crippen LogP contribution in [0.25, 0.3) is 0 Å². The van der Waals surface area contributed by atoms with Crippen LogP contribution in [0.2, 0.25) is 0 Å². The number of fused-ring (bicyclic) bond motifs is 3. The largest absolute Gasteiger partial charge is 0.573 e. The monoisotopic (exact) mass is 313 g/mol. The summed E-state index contributed by atoms with van der Waals surface area (Å²) in [7, 11) is 0. The van der Waals surface area contributed by atoms with Crippen LogP contribution in [0.15, 0.2) is 12.1 Å². The first-order chi connectivity index (χ1) is 8.94. The fourth-order valence-corrected chi connectivity index (χ4v) is 2.56. The molecule has 3 nitrogen and oxygen atoms in total. The van der Waals surface area contributed by atoms with E-state index in [9.17, 15) is 17.6 Å². The van der Waals surface area contributed by atoms with Crippen LogP contribution in [0.3, 0.4) is 0 Å². The quantitative estimate of drug-likeness (QED) is 0.807. The molecule has 1 fully saturated rings. The predicted octanol–water partition coefficient (Wildman–Crippen LogP) is 3.33. The molecule has 1 saturated heterocycles. The molecular formula is C12H12ClF4NO2. The van der Waals surface area contributed by atoms with Gasteiger partial charge in [-0.15, -0.1) is 25.6 Å². The minimum absolute atomic E-state index is 0. The van der Waals surface area contributed by atoms with Gasteiger partial charge in [-0.25, -0.2) is 4.39 Å². The Kier molecular flexibility index (Phi) is 4.02. The minimum atomic E-state index is -4.92. The average molecular weight is 314 g/mol. The third kappa shape index (κ3) is 2.78. The van der Waals surface area contributed by atoms with Crippen molar-refractivity contribution in [2.75, 3.05) is 6.54 Å². The van der Waals surface area contributed by atoms with Gasteiger partial charge in [-0.05, 0) is 25.5 Å². The second-order valence-electron chi connectivity index (χ2n) is 4.60. The van der Waals surface area contributed by atoms with Gasteiger partial charge in [0.05, 0.1) is 6.04 Å². The highest BCUT2D eigenvalue weighted by Gasteiger charge is 2.39. The number of alkyl halides is 3. The highest BCUT2D eigenvalue weighted by Crippen LogP contribution is 2.43. The van der Waals surface area contributed by atoms with Gasteiger partial charge in [0.1, 0.15) is 11.9 Å². The standard InChI is InChI=1S/C12H11F4NO2.ClH/c13-7-4-6-9(5-10(7)19-12(14,15)16)18-8-2-1-3-17-11(6)8;/h4-5,8,11,17H,1-3H2;1H/t8-,11-;/m0./s1. The Hall–Kier alpha value is -1.21. The van der Waals surface area contributed by atoms with Crippen molar-refractivity contribution in [3.8, 4) is 11.5 Å². The van der Waals surface area contributed by atoms with Gasteiger partial charge in [-0.1, -0.05) is 0 Å². The van der Waals surface area contributed by atoms with Crippen molar-refractivity contribution in [2.45, 2.75) is 31.3 Å².